The van der Waals surface area contributed by atoms with Crippen LogP contribution in [0.15, 0.2) is 0 Å². The molecule has 0 rings (SSSR count). The Kier molecular flexibility index (Phi) is 40.2. The fourth-order valence-electron chi connectivity index (χ4n) is 0.530. The van der Waals surface area contributed by atoms with Crippen LogP contribution in [0.4, 0.5) is 0 Å². The van der Waals surface area contributed by atoms with E-state index in [1.807, 2.05) is 0 Å². The monoisotopic (exact) mass is 1580 g/mol. The zero-order valence-electron chi connectivity index (χ0n) is 4.95. The predicted molar refractivity (Wildman–Crippen MR) is 0 cm³/mol. The summed E-state index contributed by atoms with van der Waals surface area (Å²) >= 11 is 5.23. The molecule has 0 aliphatic heterocycles. The van der Waals surface area contributed by atoms with Crippen LogP contribution in [0.3, 0.4) is 0 Å². The van der Waals surface area contributed by atoms with Gasteiger partial charge in [0.15, 0.2) is 0 Å². The summed E-state index contributed by atoms with van der Waals surface area (Å²) in [5.41, 5.74) is 0. The summed E-state index contributed by atoms with van der Waals surface area (Å²) in [4.78, 5) is 0. The molecule has 0 aromatic carbocycles. The second-order valence-electron chi connectivity index (χ2n) is 1.77. The molecule has 0 aromatic rings. The molecule has 0 aromatic heterocycles. The quantitative estimate of drug-likeness (QED) is 0.349. The third-order valence-corrected chi connectivity index (χ3v) is 7220. The van der Waals surface area contributed by atoms with Gasteiger partial charge in [0.05, 0.1) is 0 Å². The van der Waals surface area contributed by atoms with E-state index in [1.54, 1.807) is 0 Å². The molecule has 7 heteroatoms. The minimum atomic E-state index is 0.420. The third kappa shape index (κ3) is 16.3. The maximum absolute atomic E-state index is 1.45. The van der Waals surface area contributed by atoms with Crippen molar-refractivity contribution >= 4 is 0 Å². The van der Waals surface area contributed by atoms with Gasteiger partial charge in [-0.25, -0.2) is 0 Å². The Morgan fingerprint density at radius 3 is 1.43 bits per heavy atom. The molecule has 0 saturated carbocycles. The number of rotatable bonds is 4. The Morgan fingerprint density at radius 1 is 0.714 bits per heavy atom. The Bertz CT molecular complexity index is 19.2. The van der Waals surface area contributed by atoms with Gasteiger partial charge in [0.25, 0.3) is 0 Å². The fraction of sp³-hybridized carbons (Fsp3) is 0. The SMILES string of the molecule is [Ra][Ra][Ra][Ra][Ra][Ra][Ra]. The summed E-state index contributed by atoms with van der Waals surface area (Å²) < 4.78 is 0. The normalized spacial score (nSPS) is 3.14. The van der Waals surface area contributed by atoms with Crippen molar-refractivity contribution in [3.05, 3.63) is 0 Å². The minimum absolute atomic E-state index is 0.420. The first kappa shape index (κ1) is 17.3. The topological polar surface area (TPSA) is 0 Å². The van der Waals surface area contributed by atoms with Gasteiger partial charge in [0.2, 0.25) is 0 Å². The van der Waals surface area contributed by atoms with Crippen LogP contribution in [0, 0.1) is 125 Å². The van der Waals surface area contributed by atoms with E-state index >= 15 is 0 Å². The van der Waals surface area contributed by atoms with Crippen LogP contribution >= 0.6 is 0 Å². The van der Waals surface area contributed by atoms with E-state index < -0.39 is 0 Å². The Morgan fingerprint density at radius 2 is 1.14 bits per heavy atom. The molecule has 7 heavy (non-hydrogen) atoms. The predicted octanol–water partition coefficient (Wildman–Crippen LogP) is 0. The maximum atomic E-state index is 1.45. The molecular weight excluding hydrogens is 1580 g/mol. The van der Waals surface area contributed by atoms with E-state index in [9.17, 15) is 0 Å². The van der Waals surface area contributed by atoms with Crippen molar-refractivity contribution in [3.8, 4) is 0 Å². The molecule has 14 valence electrons. The molecular formula is Ra7. The summed E-state index contributed by atoms with van der Waals surface area (Å²) in [6.45, 7) is 0. The van der Waals surface area contributed by atoms with E-state index in [1.165, 1.54) is 58.3 Å². The molecule has 0 amide bonds. The van der Waals surface area contributed by atoms with Crippen molar-refractivity contribution < 1.29 is 125 Å². The van der Waals surface area contributed by atoms with Crippen molar-refractivity contribution in [2.75, 3.05) is 0 Å². The molecule has 2 radical (unpaired) electrons. The molecule has 0 fully saturated rings. The molecule has 0 saturated heterocycles. The zero-order valence-corrected chi connectivity index (χ0v) is 45.6. The second-order valence-corrected chi connectivity index (χ2v) is 1390. The molecule has 0 heterocycles. The standard InChI is InChI=1S/7Ra. The second kappa shape index (κ2) is 16.3. The van der Waals surface area contributed by atoms with Crippen LogP contribution in [0.25, 0.3) is 0 Å². The van der Waals surface area contributed by atoms with Gasteiger partial charge < -0.3 is 0 Å². The van der Waals surface area contributed by atoms with Crippen molar-refractivity contribution in [3.63, 3.8) is 0 Å². The van der Waals surface area contributed by atoms with E-state index in [0.29, 0.717) is 66.3 Å². The number of hydrogen-bond donors (Lipinski definition) is 0. The number of hydrogen-bond acceptors (Lipinski definition) is 0. The molecule has 0 atom stereocenters. The van der Waals surface area contributed by atoms with Crippen molar-refractivity contribution in [2.45, 2.75) is 0 Å². The summed E-state index contributed by atoms with van der Waals surface area (Å²) in [5.74, 6) is 0. The molecule has 0 aliphatic rings. The van der Waals surface area contributed by atoms with Crippen LogP contribution in [-0.2, 0) is 0 Å². The van der Waals surface area contributed by atoms with E-state index in [-0.39, 0.29) is 0 Å². The van der Waals surface area contributed by atoms with Gasteiger partial charge >= 0.3 is 125 Å². The first-order valence-corrected chi connectivity index (χ1v) is 255. The van der Waals surface area contributed by atoms with Gasteiger partial charge in [0, 0.05) is 0 Å². The van der Waals surface area contributed by atoms with Gasteiger partial charge in [-0.05, 0) is 0 Å². The first-order chi connectivity index (χ1) is 3.41. The van der Waals surface area contributed by atoms with E-state index in [0.717, 1.165) is 0 Å². The average molecular weight is 1580 g/mol. The summed E-state index contributed by atoms with van der Waals surface area (Å²) in [5, 5.41) is 0. The van der Waals surface area contributed by atoms with Gasteiger partial charge in [-0.1, -0.05) is 0 Å². The van der Waals surface area contributed by atoms with E-state index in [4.69, 9.17) is 0 Å². The Labute approximate surface area is 111 Å². The van der Waals surface area contributed by atoms with Crippen molar-refractivity contribution in [2.24, 2.45) is 0 Å². The third-order valence-electron chi connectivity index (χ3n) is 1.000. The molecule has 0 nitrogen and oxygen atoms in total. The van der Waals surface area contributed by atoms with Gasteiger partial charge in [-0.3, -0.25) is 0 Å². The Balaban J connectivity index is 2.45. The molecule has 0 unspecified atom stereocenters. The molecule has 0 N–H and O–H groups in total. The van der Waals surface area contributed by atoms with Crippen LogP contribution in [0.5, 0.6) is 0 Å². The van der Waals surface area contributed by atoms with Crippen LogP contribution in [-0.4, -0.2) is 0 Å². The van der Waals surface area contributed by atoms with Gasteiger partial charge in [-0.15, -0.1) is 0 Å². The van der Waals surface area contributed by atoms with E-state index in [2.05, 4.69) is 0 Å². The molecule has 0 bridgehead atoms. The first-order valence-electron chi connectivity index (χ1n) is 3.00. The average Bonchev–Trinajstić information content (AvgIpc) is 1.69. The molecule has 0 spiro atoms. The summed E-state index contributed by atoms with van der Waals surface area (Å²) in [6, 6.07) is 0. The van der Waals surface area contributed by atoms with Crippen molar-refractivity contribution in [1.29, 1.82) is 0 Å². The van der Waals surface area contributed by atoms with Gasteiger partial charge in [0.1, 0.15) is 0 Å². The zero-order chi connectivity index (χ0) is 5.54. The van der Waals surface area contributed by atoms with Gasteiger partial charge in [-0.2, -0.15) is 0 Å². The van der Waals surface area contributed by atoms with Crippen LogP contribution in [0.2, 0.25) is 0 Å². The summed E-state index contributed by atoms with van der Waals surface area (Å²) in [6.07, 6.45) is 0. The van der Waals surface area contributed by atoms with Crippen LogP contribution < -0.4 is 0 Å². The summed E-state index contributed by atoms with van der Waals surface area (Å²) in [7, 11) is 0. The Hall–Kier alpha value is 10.3. The fourth-order valence-corrected chi connectivity index (χ4v) is 35300. The van der Waals surface area contributed by atoms with Crippen LogP contribution in [0.1, 0.15) is 0 Å². The molecule has 0 aliphatic carbocycles. The van der Waals surface area contributed by atoms with Crippen molar-refractivity contribution in [1.82, 2.24) is 0 Å².